The zero-order valence-corrected chi connectivity index (χ0v) is 11.4. The van der Waals surface area contributed by atoms with Gasteiger partial charge in [-0.2, -0.15) is 0 Å². The summed E-state index contributed by atoms with van der Waals surface area (Å²) in [7, 11) is 0. The minimum atomic E-state index is -0.299. The third-order valence-electron chi connectivity index (χ3n) is 2.94. The molecule has 0 aromatic rings. The van der Waals surface area contributed by atoms with Gasteiger partial charge in [0.1, 0.15) is 0 Å². The normalized spacial score (nSPS) is 25.1. The summed E-state index contributed by atoms with van der Waals surface area (Å²) in [6.45, 7) is 13.1. The van der Waals surface area contributed by atoms with Crippen LogP contribution in [0.2, 0.25) is 0 Å². The lowest BCUT2D eigenvalue weighted by Crippen LogP contribution is -2.41. The smallest absolute Gasteiger partial charge is 0.407 e. The Hall–Kier alpha value is -0.730. The van der Waals surface area contributed by atoms with Crippen LogP contribution in [0.1, 0.15) is 48.0 Å². The van der Waals surface area contributed by atoms with E-state index in [2.05, 4.69) is 26.1 Å². The predicted octanol–water partition coefficient (Wildman–Crippen LogP) is 3.19. The second-order valence-electron chi connectivity index (χ2n) is 6.94. The fourth-order valence-corrected chi connectivity index (χ4v) is 2.02. The Bertz CT molecular complexity index is 260. The summed E-state index contributed by atoms with van der Waals surface area (Å²) in [6.07, 6.45) is 0.888. The van der Waals surface area contributed by atoms with Gasteiger partial charge in [-0.25, -0.2) is 4.79 Å². The van der Waals surface area contributed by atoms with Gasteiger partial charge in [0.25, 0.3) is 0 Å². The maximum atomic E-state index is 11.4. The van der Waals surface area contributed by atoms with Crippen molar-refractivity contribution in [3.05, 3.63) is 0 Å². The van der Waals surface area contributed by atoms with Crippen LogP contribution in [0, 0.1) is 17.3 Å². The molecule has 0 saturated heterocycles. The number of nitrogens with one attached hydrogen (secondary N) is 1. The maximum Gasteiger partial charge on any atom is 0.407 e. The molecule has 0 bridgehead atoms. The minimum absolute atomic E-state index is 0.218. The van der Waals surface area contributed by atoms with E-state index in [9.17, 15) is 4.79 Å². The lowest BCUT2D eigenvalue weighted by atomic mass is 9.89. The van der Waals surface area contributed by atoms with Crippen molar-refractivity contribution in [2.75, 3.05) is 6.61 Å². The zero-order valence-electron chi connectivity index (χ0n) is 11.4. The van der Waals surface area contributed by atoms with Crippen LogP contribution in [-0.4, -0.2) is 18.2 Å². The summed E-state index contributed by atoms with van der Waals surface area (Å²) < 4.78 is 5.22. The SMILES string of the molecule is CC(C)(C)NC(=O)OC[C@H]1C[C@H]1C(C)(C)C. The van der Waals surface area contributed by atoms with E-state index in [0.717, 1.165) is 0 Å². The molecular weight excluding hydrogens is 202 g/mol. The van der Waals surface area contributed by atoms with Crippen LogP contribution in [0.5, 0.6) is 0 Å². The Labute approximate surface area is 98.9 Å². The van der Waals surface area contributed by atoms with Gasteiger partial charge >= 0.3 is 6.09 Å². The maximum absolute atomic E-state index is 11.4. The highest BCUT2D eigenvalue weighted by Gasteiger charge is 2.45. The first-order valence-electron chi connectivity index (χ1n) is 6.04. The van der Waals surface area contributed by atoms with Crippen LogP contribution >= 0.6 is 0 Å². The van der Waals surface area contributed by atoms with E-state index in [0.29, 0.717) is 23.9 Å². The summed E-state index contributed by atoms with van der Waals surface area (Å²) in [4.78, 5) is 11.4. The molecule has 2 atom stereocenters. The van der Waals surface area contributed by atoms with E-state index in [1.807, 2.05) is 20.8 Å². The largest absolute Gasteiger partial charge is 0.449 e. The van der Waals surface area contributed by atoms with E-state index >= 15 is 0 Å². The summed E-state index contributed by atoms with van der Waals surface area (Å²) in [6, 6.07) is 0. The quantitative estimate of drug-likeness (QED) is 0.786. The van der Waals surface area contributed by atoms with Gasteiger partial charge in [0.15, 0.2) is 0 Å². The number of ether oxygens (including phenoxy) is 1. The average molecular weight is 227 g/mol. The van der Waals surface area contributed by atoms with Crippen LogP contribution in [0.15, 0.2) is 0 Å². The Morgan fingerprint density at radius 2 is 1.81 bits per heavy atom. The molecule has 1 fully saturated rings. The number of amides is 1. The lowest BCUT2D eigenvalue weighted by Gasteiger charge is -2.21. The van der Waals surface area contributed by atoms with Gasteiger partial charge in [0.2, 0.25) is 0 Å². The van der Waals surface area contributed by atoms with Crippen molar-refractivity contribution in [2.45, 2.75) is 53.5 Å². The van der Waals surface area contributed by atoms with Crippen molar-refractivity contribution in [2.24, 2.45) is 17.3 Å². The van der Waals surface area contributed by atoms with Gasteiger partial charge in [-0.05, 0) is 44.4 Å². The highest BCUT2D eigenvalue weighted by molar-refractivity contribution is 5.68. The van der Waals surface area contributed by atoms with Crippen molar-refractivity contribution >= 4 is 6.09 Å². The molecule has 0 aromatic carbocycles. The second-order valence-corrected chi connectivity index (χ2v) is 6.94. The molecule has 1 amide bonds. The molecule has 3 heteroatoms. The molecule has 0 aliphatic heterocycles. The zero-order chi connectivity index (χ0) is 12.6. The van der Waals surface area contributed by atoms with Crippen molar-refractivity contribution in [3.8, 4) is 0 Å². The van der Waals surface area contributed by atoms with Gasteiger partial charge in [-0.1, -0.05) is 20.8 Å². The standard InChI is InChI=1S/C13H25NO2/c1-12(2,3)10-7-9(10)8-16-11(15)14-13(4,5)6/h9-10H,7-8H2,1-6H3,(H,14,15)/t9-,10-/m1/s1. The Morgan fingerprint density at radius 1 is 1.25 bits per heavy atom. The van der Waals surface area contributed by atoms with E-state index < -0.39 is 0 Å². The second kappa shape index (κ2) is 4.27. The molecule has 94 valence electrons. The third kappa shape index (κ3) is 4.42. The number of carbonyl (C=O) groups excluding carboxylic acids is 1. The molecule has 0 aromatic heterocycles. The van der Waals surface area contributed by atoms with Crippen LogP contribution in [0.4, 0.5) is 4.79 Å². The Kier molecular flexibility index (Phi) is 3.56. The molecule has 0 heterocycles. The topological polar surface area (TPSA) is 38.3 Å². The molecule has 1 saturated carbocycles. The summed E-state index contributed by atoms with van der Waals surface area (Å²) in [5.74, 6) is 1.26. The van der Waals surface area contributed by atoms with Crippen molar-refractivity contribution < 1.29 is 9.53 Å². The third-order valence-corrected chi connectivity index (χ3v) is 2.94. The molecule has 16 heavy (non-hydrogen) atoms. The van der Waals surface area contributed by atoms with Crippen LogP contribution in [0.3, 0.4) is 0 Å². The van der Waals surface area contributed by atoms with Gasteiger partial charge in [-0.3, -0.25) is 0 Å². The summed E-state index contributed by atoms with van der Waals surface area (Å²) in [5.41, 5.74) is 0.124. The highest BCUT2D eigenvalue weighted by atomic mass is 16.5. The molecule has 1 aliphatic carbocycles. The number of alkyl carbamates (subject to hydrolysis) is 1. The Balaban J connectivity index is 2.21. The molecule has 1 N–H and O–H groups in total. The lowest BCUT2D eigenvalue weighted by molar-refractivity contribution is 0.127. The molecular formula is C13H25NO2. The van der Waals surface area contributed by atoms with Crippen molar-refractivity contribution in [3.63, 3.8) is 0 Å². The Morgan fingerprint density at radius 3 is 2.19 bits per heavy atom. The molecule has 1 aliphatic rings. The highest BCUT2D eigenvalue weighted by Crippen LogP contribution is 2.50. The van der Waals surface area contributed by atoms with Crippen LogP contribution in [0.25, 0.3) is 0 Å². The van der Waals surface area contributed by atoms with Gasteiger partial charge in [0, 0.05) is 5.54 Å². The van der Waals surface area contributed by atoms with E-state index in [1.165, 1.54) is 6.42 Å². The molecule has 1 rings (SSSR count). The predicted molar refractivity (Wildman–Crippen MR) is 65.3 cm³/mol. The number of hydrogen-bond donors (Lipinski definition) is 1. The van der Waals surface area contributed by atoms with Crippen LogP contribution in [-0.2, 0) is 4.74 Å². The van der Waals surface area contributed by atoms with Gasteiger partial charge in [0.05, 0.1) is 6.61 Å². The van der Waals surface area contributed by atoms with Crippen molar-refractivity contribution in [1.82, 2.24) is 5.32 Å². The van der Waals surface area contributed by atoms with E-state index in [4.69, 9.17) is 4.74 Å². The van der Waals surface area contributed by atoms with E-state index in [1.54, 1.807) is 0 Å². The minimum Gasteiger partial charge on any atom is -0.449 e. The first-order valence-corrected chi connectivity index (χ1v) is 6.04. The van der Waals surface area contributed by atoms with Gasteiger partial charge in [-0.15, -0.1) is 0 Å². The number of carbonyl (C=O) groups is 1. The first kappa shape index (κ1) is 13.3. The average Bonchev–Trinajstić information content (AvgIpc) is 2.74. The summed E-state index contributed by atoms with van der Waals surface area (Å²) >= 11 is 0. The number of rotatable bonds is 2. The fraction of sp³-hybridized carbons (Fsp3) is 0.923. The monoisotopic (exact) mass is 227 g/mol. The summed E-state index contributed by atoms with van der Waals surface area (Å²) in [5, 5.41) is 2.79. The fourth-order valence-electron chi connectivity index (χ4n) is 2.02. The van der Waals surface area contributed by atoms with Crippen LogP contribution < -0.4 is 5.32 Å². The molecule has 3 nitrogen and oxygen atoms in total. The van der Waals surface area contributed by atoms with E-state index in [-0.39, 0.29) is 11.6 Å². The number of hydrogen-bond acceptors (Lipinski definition) is 2. The molecule has 0 unspecified atom stereocenters. The molecule has 0 radical (unpaired) electrons. The van der Waals surface area contributed by atoms with Gasteiger partial charge < -0.3 is 10.1 Å². The first-order chi connectivity index (χ1) is 7.09. The molecule has 0 spiro atoms. The van der Waals surface area contributed by atoms with Crippen molar-refractivity contribution in [1.29, 1.82) is 0 Å².